The van der Waals surface area contributed by atoms with E-state index in [1.165, 1.54) is 38.7 Å². The van der Waals surface area contributed by atoms with Gasteiger partial charge >= 0.3 is 0 Å². The summed E-state index contributed by atoms with van der Waals surface area (Å²) in [4.78, 5) is 4.71. The number of benzene rings is 8. The summed E-state index contributed by atoms with van der Waals surface area (Å²) in [6, 6.07) is 69.5. The van der Waals surface area contributed by atoms with Crippen molar-refractivity contribution in [2.45, 2.75) is 20.3 Å². The van der Waals surface area contributed by atoms with Gasteiger partial charge in [0.1, 0.15) is 11.2 Å². The Kier molecular flexibility index (Phi) is 8.70. The van der Waals surface area contributed by atoms with Crippen molar-refractivity contribution in [3.05, 3.63) is 217 Å². The fraction of sp³-hybridized carbons (Fsp3) is 0.0714. The maximum Gasteiger partial charge on any atom is 0.145 e. The van der Waals surface area contributed by atoms with Crippen molar-refractivity contribution in [1.82, 2.24) is 4.57 Å². The minimum Gasteiger partial charge on any atom is -0.455 e. The Bertz CT molecular complexity index is 3020. The molecule has 0 amide bonds. The van der Waals surface area contributed by atoms with Crippen molar-refractivity contribution in [1.29, 1.82) is 0 Å². The Morgan fingerprint density at radius 2 is 1.08 bits per heavy atom. The number of hydrogen-bond donors (Lipinski definition) is 0. The second-order valence-electron chi connectivity index (χ2n) is 15.9. The fourth-order valence-corrected chi connectivity index (χ4v) is 9.28. The van der Waals surface area contributed by atoms with Crippen molar-refractivity contribution in [3.63, 3.8) is 0 Å². The zero-order valence-electron chi connectivity index (χ0n) is 33.7. The lowest BCUT2D eigenvalue weighted by atomic mass is 9.92. The number of allylic oxidation sites excluding steroid dienone is 1. The molecule has 60 heavy (non-hydrogen) atoms. The summed E-state index contributed by atoms with van der Waals surface area (Å²) in [5.41, 5.74) is 16.8. The molecular weight excluding hydrogens is 731 g/mol. The maximum absolute atomic E-state index is 6.66. The number of rotatable bonds is 8. The van der Waals surface area contributed by atoms with E-state index in [0.29, 0.717) is 5.92 Å². The molecule has 4 nitrogen and oxygen atoms in total. The van der Waals surface area contributed by atoms with Crippen LogP contribution in [-0.2, 0) is 6.42 Å². The molecular formula is C56H43N3O. The number of para-hydroxylation sites is 5. The van der Waals surface area contributed by atoms with E-state index >= 15 is 0 Å². The second-order valence-corrected chi connectivity index (χ2v) is 15.9. The van der Waals surface area contributed by atoms with Crippen LogP contribution < -0.4 is 9.80 Å². The molecule has 0 aliphatic heterocycles. The Hall–Kier alpha value is -7.56. The van der Waals surface area contributed by atoms with E-state index in [1.54, 1.807) is 0 Å². The number of furan rings is 1. The van der Waals surface area contributed by atoms with Gasteiger partial charge in [0.25, 0.3) is 0 Å². The van der Waals surface area contributed by atoms with E-state index in [2.05, 4.69) is 234 Å². The van der Waals surface area contributed by atoms with Gasteiger partial charge in [-0.2, -0.15) is 0 Å². The first-order valence-corrected chi connectivity index (χ1v) is 20.8. The first-order chi connectivity index (χ1) is 29.6. The molecule has 4 heteroatoms. The lowest BCUT2D eigenvalue weighted by Gasteiger charge is -2.30. The molecule has 1 unspecified atom stereocenters. The van der Waals surface area contributed by atoms with Crippen molar-refractivity contribution < 1.29 is 4.42 Å². The molecule has 0 bridgehead atoms. The number of aryl methyl sites for hydroxylation is 1. The predicted octanol–water partition coefficient (Wildman–Crippen LogP) is 15.7. The summed E-state index contributed by atoms with van der Waals surface area (Å²) in [5, 5.41) is 3.55. The first kappa shape index (κ1) is 35.6. The quantitative estimate of drug-likeness (QED) is 0.154. The van der Waals surface area contributed by atoms with Gasteiger partial charge in [-0.05, 0) is 145 Å². The van der Waals surface area contributed by atoms with Crippen LogP contribution in [0.3, 0.4) is 0 Å². The monoisotopic (exact) mass is 773 g/mol. The van der Waals surface area contributed by atoms with Gasteiger partial charge in [0.05, 0.1) is 5.52 Å². The van der Waals surface area contributed by atoms with E-state index in [4.69, 9.17) is 4.42 Å². The van der Waals surface area contributed by atoms with Crippen molar-refractivity contribution in [2.75, 3.05) is 9.80 Å². The smallest absolute Gasteiger partial charge is 0.145 e. The molecule has 1 aliphatic rings. The second kappa shape index (κ2) is 14.7. The number of aromatic nitrogens is 1. The Morgan fingerprint density at radius 1 is 0.533 bits per heavy atom. The molecule has 0 N–H and O–H groups in total. The summed E-state index contributed by atoms with van der Waals surface area (Å²) in [7, 11) is 0. The molecule has 0 fully saturated rings. The average molecular weight is 774 g/mol. The van der Waals surface area contributed by atoms with Gasteiger partial charge in [-0.25, -0.2) is 0 Å². The molecule has 288 valence electrons. The normalized spacial score (nSPS) is 13.5. The number of nitrogens with zero attached hydrogens (tertiary/aromatic N) is 3. The minimum absolute atomic E-state index is 0.444. The highest BCUT2D eigenvalue weighted by molar-refractivity contribution is 6.16. The minimum atomic E-state index is 0.444. The van der Waals surface area contributed by atoms with Gasteiger partial charge in [0.15, 0.2) is 0 Å². The van der Waals surface area contributed by atoms with Gasteiger partial charge in [0.2, 0.25) is 0 Å². The molecule has 11 rings (SSSR count). The van der Waals surface area contributed by atoms with E-state index in [-0.39, 0.29) is 0 Å². The fourth-order valence-electron chi connectivity index (χ4n) is 9.28. The molecule has 2 aromatic heterocycles. The van der Waals surface area contributed by atoms with Crippen molar-refractivity contribution in [2.24, 2.45) is 5.92 Å². The molecule has 2 heterocycles. The van der Waals surface area contributed by atoms with Crippen molar-refractivity contribution >= 4 is 73.0 Å². The lowest BCUT2D eigenvalue weighted by Crippen LogP contribution is -2.13. The molecule has 1 aliphatic carbocycles. The van der Waals surface area contributed by atoms with Crippen LogP contribution in [-0.4, -0.2) is 4.57 Å². The highest BCUT2D eigenvalue weighted by Crippen LogP contribution is 2.45. The topological polar surface area (TPSA) is 24.6 Å². The number of anilines is 6. The van der Waals surface area contributed by atoms with Crippen LogP contribution in [0, 0.1) is 12.8 Å². The maximum atomic E-state index is 6.66. The Labute approximate surface area is 350 Å². The van der Waals surface area contributed by atoms with Crippen LogP contribution in [0.1, 0.15) is 23.7 Å². The summed E-state index contributed by atoms with van der Waals surface area (Å²) >= 11 is 0. The number of hydrogen-bond acceptors (Lipinski definition) is 3. The van der Waals surface area contributed by atoms with E-state index in [0.717, 1.165) is 68.3 Å². The third-order valence-corrected chi connectivity index (χ3v) is 12.0. The van der Waals surface area contributed by atoms with Gasteiger partial charge in [-0.15, -0.1) is 0 Å². The molecule has 0 radical (unpaired) electrons. The Balaban J connectivity index is 1.12. The van der Waals surface area contributed by atoms with Crippen LogP contribution in [0.4, 0.5) is 34.1 Å². The number of fused-ring (bicyclic) bond motifs is 7. The largest absolute Gasteiger partial charge is 0.455 e. The molecule has 0 saturated heterocycles. The van der Waals surface area contributed by atoms with Crippen LogP contribution in [0.5, 0.6) is 0 Å². The zero-order valence-corrected chi connectivity index (χ0v) is 33.7. The SMILES string of the molecule is Cc1cc(-n2c3c(c4c5oc6ccccc6c5ccc42)CC(C)C=C3)ccc1-c1cc(N(c2ccccc2)c2ccccc2)cc(N(c2ccccc2)c2ccccc2)c1. The Morgan fingerprint density at radius 3 is 1.65 bits per heavy atom. The van der Waals surface area contributed by atoms with E-state index in [1.807, 2.05) is 0 Å². The molecule has 0 spiro atoms. The molecule has 1 atom stereocenters. The van der Waals surface area contributed by atoms with Crippen LogP contribution in [0.25, 0.3) is 55.7 Å². The van der Waals surface area contributed by atoms with E-state index < -0.39 is 0 Å². The van der Waals surface area contributed by atoms with Crippen LogP contribution >= 0.6 is 0 Å². The summed E-state index contributed by atoms with van der Waals surface area (Å²) in [6.45, 7) is 4.55. The van der Waals surface area contributed by atoms with Gasteiger partial charge in [-0.3, -0.25) is 0 Å². The van der Waals surface area contributed by atoms with Gasteiger partial charge in [-0.1, -0.05) is 110 Å². The standard InChI is InChI=1S/C56H43N3O/c1-38-27-31-52-51(33-38)55-53(32-30-50-49-25-15-16-26-54(49)60-56(50)55)59(52)45-28-29-48(39(2)34-45)40-35-46(57(41-17-7-3-8-18-41)42-19-9-4-10-20-42)37-47(36-40)58(43-21-11-5-12-22-43)44-23-13-6-14-24-44/h3-32,34-38H,33H2,1-2H3. The van der Waals surface area contributed by atoms with Gasteiger partial charge < -0.3 is 18.8 Å². The molecule has 10 aromatic rings. The first-order valence-electron chi connectivity index (χ1n) is 20.8. The summed E-state index contributed by atoms with van der Waals surface area (Å²) < 4.78 is 9.10. The predicted molar refractivity (Wildman–Crippen MR) is 252 cm³/mol. The third-order valence-electron chi connectivity index (χ3n) is 12.0. The summed E-state index contributed by atoms with van der Waals surface area (Å²) in [6.07, 6.45) is 5.63. The van der Waals surface area contributed by atoms with Gasteiger partial charge in [0, 0.05) is 61.7 Å². The third kappa shape index (κ3) is 6.08. The highest BCUT2D eigenvalue weighted by Gasteiger charge is 2.26. The lowest BCUT2D eigenvalue weighted by molar-refractivity contribution is 0.671. The zero-order chi connectivity index (χ0) is 40.2. The van der Waals surface area contributed by atoms with Crippen LogP contribution in [0.2, 0.25) is 0 Å². The highest BCUT2D eigenvalue weighted by atomic mass is 16.3. The van der Waals surface area contributed by atoms with E-state index in [9.17, 15) is 0 Å². The van der Waals surface area contributed by atoms with Crippen molar-refractivity contribution in [3.8, 4) is 16.8 Å². The molecule has 0 saturated carbocycles. The molecule has 8 aromatic carbocycles. The summed E-state index contributed by atoms with van der Waals surface area (Å²) in [5.74, 6) is 0.444. The average Bonchev–Trinajstić information content (AvgIpc) is 3.83. The van der Waals surface area contributed by atoms with Crippen LogP contribution in [0.15, 0.2) is 205 Å².